The lowest BCUT2D eigenvalue weighted by atomic mass is 10.1. The fraction of sp³-hybridized carbons (Fsp3) is 0.278. The first-order chi connectivity index (χ1) is 10.5. The Hall–Kier alpha value is -2.00. The highest BCUT2D eigenvalue weighted by molar-refractivity contribution is 6.31. The second kappa shape index (κ2) is 7.32. The maximum absolute atomic E-state index is 12.0. The van der Waals surface area contributed by atoms with Gasteiger partial charge < -0.3 is 10.6 Å². The predicted molar refractivity (Wildman–Crippen MR) is 93.8 cm³/mol. The van der Waals surface area contributed by atoms with Gasteiger partial charge in [0.1, 0.15) is 0 Å². The first kappa shape index (κ1) is 16.4. The fourth-order valence-corrected chi connectivity index (χ4v) is 2.30. The summed E-state index contributed by atoms with van der Waals surface area (Å²) in [7, 11) is 0. The van der Waals surface area contributed by atoms with Crippen molar-refractivity contribution < 1.29 is 4.79 Å². The van der Waals surface area contributed by atoms with Crippen LogP contribution in [0.1, 0.15) is 23.1 Å². The number of carbonyl (C=O) groups is 1. The van der Waals surface area contributed by atoms with Gasteiger partial charge in [0.05, 0.1) is 0 Å². The quantitative estimate of drug-likeness (QED) is 0.839. The molecule has 0 bridgehead atoms. The Morgan fingerprint density at radius 2 is 1.86 bits per heavy atom. The Morgan fingerprint density at radius 1 is 1.09 bits per heavy atom. The Balaban J connectivity index is 1.85. The molecule has 0 aromatic heterocycles. The van der Waals surface area contributed by atoms with E-state index >= 15 is 0 Å². The SMILES string of the molecule is Cc1ccc(NCCC(=O)Nc2cccc(C)c2C)cc1Cl. The molecule has 0 aliphatic carbocycles. The summed E-state index contributed by atoms with van der Waals surface area (Å²) in [4.78, 5) is 12.0. The lowest BCUT2D eigenvalue weighted by Crippen LogP contribution is -2.17. The average Bonchev–Trinajstić information content (AvgIpc) is 2.48. The van der Waals surface area contributed by atoms with Crippen LogP contribution in [0, 0.1) is 20.8 Å². The van der Waals surface area contributed by atoms with E-state index in [1.165, 1.54) is 5.56 Å². The van der Waals surface area contributed by atoms with E-state index in [0.717, 1.165) is 27.5 Å². The van der Waals surface area contributed by atoms with Crippen molar-refractivity contribution >= 4 is 28.9 Å². The third kappa shape index (κ3) is 4.25. The van der Waals surface area contributed by atoms with E-state index in [-0.39, 0.29) is 5.91 Å². The molecule has 0 spiro atoms. The summed E-state index contributed by atoms with van der Waals surface area (Å²) in [5, 5.41) is 6.89. The van der Waals surface area contributed by atoms with Gasteiger partial charge in [-0.3, -0.25) is 4.79 Å². The Kier molecular flexibility index (Phi) is 5.45. The molecule has 0 aliphatic heterocycles. The minimum atomic E-state index is -0.000548. The summed E-state index contributed by atoms with van der Waals surface area (Å²) in [6.07, 6.45) is 0.402. The third-order valence-corrected chi connectivity index (χ3v) is 4.14. The van der Waals surface area contributed by atoms with Crippen LogP contribution in [0.4, 0.5) is 11.4 Å². The molecule has 0 heterocycles. The molecule has 4 heteroatoms. The average molecular weight is 317 g/mol. The molecule has 2 N–H and O–H groups in total. The molecular formula is C18H21ClN2O. The van der Waals surface area contributed by atoms with Gasteiger partial charge in [-0.2, -0.15) is 0 Å². The van der Waals surface area contributed by atoms with E-state index < -0.39 is 0 Å². The number of anilines is 2. The molecule has 0 fully saturated rings. The number of aryl methyl sites for hydroxylation is 2. The zero-order valence-corrected chi connectivity index (χ0v) is 13.9. The fourth-order valence-electron chi connectivity index (χ4n) is 2.12. The van der Waals surface area contributed by atoms with Gasteiger partial charge >= 0.3 is 0 Å². The van der Waals surface area contributed by atoms with Gasteiger partial charge in [-0.15, -0.1) is 0 Å². The number of amides is 1. The molecule has 0 saturated carbocycles. The van der Waals surface area contributed by atoms with Crippen molar-refractivity contribution in [2.45, 2.75) is 27.2 Å². The first-order valence-electron chi connectivity index (χ1n) is 7.33. The van der Waals surface area contributed by atoms with Crippen LogP contribution in [-0.2, 0) is 4.79 Å². The topological polar surface area (TPSA) is 41.1 Å². The first-order valence-corrected chi connectivity index (χ1v) is 7.71. The van der Waals surface area contributed by atoms with Crippen molar-refractivity contribution in [2.24, 2.45) is 0 Å². The van der Waals surface area contributed by atoms with E-state index in [4.69, 9.17) is 11.6 Å². The summed E-state index contributed by atoms with van der Waals surface area (Å²) in [5.74, 6) is -0.000548. The molecular weight excluding hydrogens is 296 g/mol. The molecule has 0 atom stereocenters. The van der Waals surface area contributed by atoms with Gasteiger partial charge in [0.15, 0.2) is 0 Å². The minimum absolute atomic E-state index is 0.000548. The van der Waals surface area contributed by atoms with Gasteiger partial charge in [0.25, 0.3) is 0 Å². The molecule has 0 aliphatic rings. The van der Waals surface area contributed by atoms with E-state index in [1.54, 1.807) is 0 Å². The molecule has 0 radical (unpaired) electrons. The van der Waals surface area contributed by atoms with Crippen LogP contribution < -0.4 is 10.6 Å². The van der Waals surface area contributed by atoms with Crippen molar-refractivity contribution in [2.75, 3.05) is 17.2 Å². The number of hydrogen-bond donors (Lipinski definition) is 2. The Labute approximate surface area is 136 Å². The van der Waals surface area contributed by atoms with Crippen LogP contribution in [-0.4, -0.2) is 12.5 Å². The zero-order valence-electron chi connectivity index (χ0n) is 13.2. The lowest BCUT2D eigenvalue weighted by Gasteiger charge is -2.11. The Morgan fingerprint density at radius 3 is 2.59 bits per heavy atom. The summed E-state index contributed by atoms with van der Waals surface area (Å²) < 4.78 is 0. The van der Waals surface area contributed by atoms with Crippen LogP contribution in [0.3, 0.4) is 0 Å². The van der Waals surface area contributed by atoms with Crippen molar-refractivity contribution in [3.63, 3.8) is 0 Å². The molecule has 2 aromatic rings. The van der Waals surface area contributed by atoms with Crippen molar-refractivity contribution in [1.29, 1.82) is 0 Å². The number of hydrogen-bond acceptors (Lipinski definition) is 2. The van der Waals surface area contributed by atoms with Crippen LogP contribution >= 0.6 is 11.6 Å². The largest absolute Gasteiger partial charge is 0.384 e. The van der Waals surface area contributed by atoms with E-state index in [0.29, 0.717) is 13.0 Å². The summed E-state index contributed by atoms with van der Waals surface area (Å²) in [6, 6.07) is 11.7. The van der Waals surface area contributed by atoms with Gasteiger partial charge in [0.2, 0.25) is 5.91 Å². The second-order valence-corrected chi connectivity index (χ2v) is 5.84. The molecule has 22 heavy (non-hydrogen) atoms. The number of benzene rings is 2. The Bertz CT molecular complexity index is 683. The number of nitrogens with one attached hydrogen (secondary N) is 2. The van der Waals surface area contributed by atoms with Crippen LogP contribution in [0.5, 0.6) is 0 Å². The molecule has 2 aromatic carbocycles. The van der Waals surface area contributed by atoms with Gasteiger partial charge in [0, 0.05) is 29.4 Å². The summed E-state index contributed by atoms with van der Waals surface area (Å²) in [5.41, 5.74) is 5.12. The van der Waals surface area contributed by atoms with Gasteiger partial charge in [-0.05, 0) is 55.7 Å². The number of carbonyl (C=O) groups excluding carboxylic acids is 1. The zero-order chi connectivity index (χ0) is 16.1. The molecule has 0 saturated heterocycles. The number of rotatable bonds is 5. The van der Waals surface area contributed by atoms with E-state index in [9.17, 15) is 4.79 Å². The van der Waals surface area contributed by atoms with Crippen LogP contribution in [0.15, 0.2) is 36.4 Å². The smallest absolute Gasteiger partial charge is 0.226 e. The highest BCUT2D eigenvalue weighted by Crippen LogP contribution is 2.20. The highest BCUT2D eigenvalue weighted by Gasteiger charge is 2.06. The summed E-state index contributed by atoms with van der Waals surface area (Å²) >= 11 is 6.08. The standard InChI is InChI=1S/C18H21ClN2O/c1-12-5-4-6-17(14(12)3)21-18(22)9-10-20-15-8-7-13(2)16(19)11-15/h4-8,11,20H,9-10H2,1-3H3,(H,21,22). The number of halogens is 1. The molecule has 3 nitrogen and oxygen atoms in total. The molecule has 0 unspecified atom stereocenters. The van der Waals surface area contributed by atoms with Gasteiger partial charge in [-0.25, -0.2) is 0 Å². The van der Waals surface area contributed by atoms with E-state index in [2.05, 4.69) is 10.6 Å². The van der Waals surface area contributed by atoms with Crippen LogP contribution in [0.25, 0.3) is 0 Å². The molecule has 116 valence electrons. The third-order valence-electron chi connectivity index (χ3n) is 3.73. The predicted octanol–water partition coefficient (Wildman–Crippen LogP) is 4.71. The van der Waals surface area contributed by atoms with Crippen molar-refractivity contribution in [1.82, 2.24) is 0 Å². The normalized spacial score (nSPS) is 10.4. The van der Waals surface area contributed by atoms with Gasteiger partial charge in [-0.1, -0.05) is 29.8 Å². The minimum Gasteiger partial charge on any atom is -0.384 e. The van der Waals surface area contributed by atoms with Crippen molar-refractivity contribution in [3.05, 3.63) is 58.1 Å². The van der Waals surface area contributed by atoms with Crippen LogP contribution in [0.2, 0.25) is 5.02 Å². The van der Waals surface area contributed by atoms with E-state index in [1.807, 2.05) is 57.2 Å². The molecule has 2 rings (SSSR count). The monoisotopic (exact) mass is 316 g/mol. The summed E-state index contributed by atoms with van der Waals surface area (Å²) in [6.45, 7) is 6.57. The maximum atomic E-state index is 12.0. The highest BCUT2D eigenvalue weighted by atomic mass is 35.5. The lowest BCUT2D eigenvalue weighted by molar-refractivity contribution is -0.115. The van der Waals surface area contributed by atoms with Crippen molar-refractivity contribution in [3.8, 4) is 0 Å². The maximum Gasteiger partial charge on any atom is 0.226 e. The molecule has 1 amide bonds. The second-order valence-electron chi connectivity index (χ2n) is 5.44.